The molecule has 1 aliphatic heterocycles. The molecule has 1 fully saturated rings. The van der Waals surface area contributed by atoms with Crippen molar-refractivity contribution in [1.82, 2.24) is 10.0 Å². The molecule has 0 aromatic heterocycles. The van der Waals surface area contributed by atoms with Crippen LogP contribution >= 0.6 is 0 Å². The summed E-state index contributed by atoms with van der Waals surface area (Å²) < 4.78 is 25.6. The standard InChI is InChI=1S/C8H18N2O2S/c1-8(2,3)6-10-13(11,12)7-4-9-5-7/h7,9-10H,4-6H2,1-3H3. The predicted octanol–water partition coefficient (Wildman–Crippen LogP) is -0.0763. The zero-order chi connectivity index (χ0) is 10.1. The van der Waals surface area contributed by atoms with E-state index in [4.69, 9.17) is 0 Å². The Morgan fingerprint density at radius 1 is 1.38 bits per heavy atom. The van der Waals surface area contributed by atoms with E-state index in [1.165, 1.54) is 0 Å². The van der Waals surface area contributed by atoms with Crippen molar-refractivity contribution < 1.29 is 8.42 Å². The topological polar surface area (TPSA) is 58.2 Å². The second-order valence-electron chi connectivity index (χ2n) is 4.71. The Morgan fingerprint density at radius 3 is 2.23 bits per heavy atom. The van der Waals surface area contributed by atoms with E-state index in [1.54, 1.807) is 0 Å². The molecule has 0 unspecified atom stereocenters. The van der Waals surface area contributed by atoms with Gasteiger partial charge in [-0.25, -0.2) is 13.1 Å². The van der Waals surface area contributed by atoms with Crippen LogP contribution in [0.3, 0.4) is 0 Å². The van der Waals surface area contributed by atoms with Crippen molar-refractivity contribution in [2.45, 2.75) is 26.0 Å². The van der Waals surface area contributed by atoms with Crippen molar-refractivity contribution in [2.75, 3.05) is 19.6 Å². The maximum absolute atomic E-state index is 11.5. The van der Waals surface area contributed by atoms with E-state index in [-0.39, 0.29) is 10.7 Å². The van der Waals surface area contributed by atoms with Crippen LogP contribution in [-0.2, 0) is 10.0 Å². The first-order chi connectivity index (χ1) is 5.81. The van der Waals surface area contributed by atoms with Crippen molar-refractivity contribution in [3.63, 3.8) is 0 Å². The third-order valence-corrected chi connectivity index (χ3v) is 3.74. The highest BCUT2D eigenvalue weighted by Crippen LogP contribution is 2.12. The minimum atomic E-state index is -3.07. The number of sulfonamides is 1. The lowest BCUT2D eigenvalue weighted by Gasteiger charge is -2.28. The minimum absolute atomic E-state index is 0.00421. The molecule has 0 bridgehead atoms. The van der Waals surface area contributed by atoms with Gasteiger partial charge in [-0.2, -0.15) is 0 Å². The molecule has 4 nitrogen and oxygen atoms in total. The van der Waals surface area contributed by atoms with Gasteiger partial charge in [0, 0.05) is 19.6 Å². The Balaban J connectivity index is 2.43. The molecule has 1 rings (SSSR count). The zero-order valence-electron chi connectivity index (χ0n) is 8.42. The van der Waals surface area contributed by atoms with Gasteiger partial charge < -0.3 is 5.32 Å². The van der Waals surface area contributed by atoms with Crippen LogP contribution in [0.1, 0.15) is 20.8 Å². The first-order valence-electron chi connectivity index (χ1n) is 4.50. The molecule has 2 N–H and O–H groups in total. The Morgan fingerprint density at radius 2 is 1.92 bits per heavy atom. The number of rotatable bonds is 3. The van der Waals surface area contributed by atoms with Crippen molar-refractivity contribution in [1.29, 1.82) is 0 Å². The number of hydrogen-bond acceptors (Lipinski definition) is 3. The van der Waals surface area contributed by atoms with Crippen molar-refractivity contribution in [3.8, 4) is 0 Å². The second-order valence-corrected chi connectivity index (χ2v) is 6.75. The largest absolute Gasteiger partial charge is 0.314 e. The summed E-state index contributed by atoms with van der Waals surface area (Å²) in [5.41, 5.74) is 0.00421. The molecule has 0 saturated carbocycles. The fraction of sp³-hybridized carbons (Fsp3) is 1.00. The summed E-state index contributed by atoms with van der Waals surface area (Å²) in [5, 5.41) is 2.72. The first-order valence-corrected chi connectivity index (χ1v) is 6.05. The van der Waals surface area contributed by atoms with Gasteiger partial charge in [0.1, 0.15) is 5.25 Å². The van der Waals surface area contributed by atoms with Crippen LogP contribution in [0.5, 0.6) is 0 Å². The summed E-state index contributed by atoms with van der Waals surface area (Å²) >= 11 is 0. The Labute approximate surface area is 80.1 Å². The highest BCUT2D eigenvalue weighted by atomic mass is 32.2. The Hall–Kier alpha value is -0.130. The van der Waals surface area contributed by atoms with Crippen LogP contribution in [0.4, 0.5) is 0 Å². The molecule has 0 spiro atoms. The van der Waals surface area contributed by atoms with Gasteiger partial charge in [0.2, 0.25) is 10.0 Å². The van der Waals surface area contributed by atoms with Crippen molar-refractivity contribution in [3.05, 3.63) is 0 Å². The average Bonchev–Trinajstić information content (AvgIpc) is 1.77. The van der Waals surface area contributed by atoms with Crippen LogP contribution in [0.15, 0.2) is 0 Å². The fourth-order valence-electron chi connectivity index (χ4n) is 0.917. The SMILES string of the molecule is CC(C)(C)CNS(=O)(=O)C1CNC1. The average molecular weight is 206 g/mol. The molecule has 0 aliphatic carbocycles. The molecule has 1 heterocycles. The van der Waals surface area contributed by atoms with E-state index in [9.17, 15) is 8.42 Å². The van der Waals surface area contributed by atoms with Gasteiger partial charge >= 0.3 is 0 Å². The van der Waals surface area contributed by atoms with E-state index in [2.05, 4.69) is 10.0 Å². The summed E-state index contributed by atoms with van der Waals surface area (Å²) in [4.78, 5) is 0. The molecule has 5 heteroatoms. The molecule has 1 saturated heterocycles. The summed E-state index contributed by atoms with van der Waals surface area (Å²) in [5.74, 6) is 0. The van der Waals surface area contributed by atoms with Gasteiger partial charge in [0.25, 0.3) is 0 Å². The molecule has 1 aliphatic rings. The van der Waals surface area contributed by atoms with Crippen LogP contribution in [0.2, 0.25) is 0 Å². The summed E-state index contributed by atoms with van der Waals surface area (Å²) in [6.45, 7) is 7.70. The van der Waals surface area contributed by atoms with Crippen LogP contribution < -0.4 is 10.0 Å². The zero-order valence-corrected chi connectivity index (χ0v) is 9.24. The van der Waals surface area contributed by atoms with Gasteiger partial charge in [0.15, 0.2) is 0 Å². The van der Waals surface area contributed by atoms with Gasteiger partial charge in [-0.1, -0.05) is 20.8 Å². The van der Waals surface area contributed by atoms with Crippen LogP contribution in [0.25, 0.3) is 0 Å². The quantitative estimate of drug-likeness (QED) is 0.679. The highest BCUT2D eigenvalue weighted by Gasteiger charge is 2.31. The maximum atomic E-state index is 11.5. The number of nitrogens with one attached hydrogen (secondary N) is 2. The molecule has 0 aromatic carbocycles. The van der Waals surface area contributed by atoms with E-state index in [0.717, 1.165) is 0 Å². The molecule has 0 atom stereocenters. The number of hydrogen-bond donors (Lipinski definition) is 2. The predicted molar refractivity (Wildman–Crippen MR) is 53.0 cm³/mol. The summed E-state index contributed by atoms with van der Waals surface area (Å²) in [7, 11) is -3.07. The van der Waals surface area contributed by atoms with Crippen molar-refractivity contribution in [2.24, 2.45) is 5.41 Å². The maximum Gasteiger partial charge on any atom is 0.217 e. The molecule has 0 aromatic rings. The summed E-state index contributed by atoms with van der Waals surface area (Å²) in [6, 6.07) is 0. The van der Waals surface area contributed by atoms with Gasteiger partial charge in [-0.15, -0.1) is 0 Å². The molecule has 13 heavy (non-hydrogen) atoms. The molecule has 78 valence electrons. The minimum Gasteiger partial charge on any atom is -0.314 e. The van der Waals surface area contributed by atoms with Gasteiger partial charge in [-0.05, 0) is 5.41 Å². The smallest absolute Gasteiger partial charge is 0.217 e. The molecular formula is C8H18N2O2S. The second kappa shape index (κ2) is 3.55. The Bertz CT molecular complexity index is 262. The monoisotopic (exact) mass is 206 g/mol. The van der Waals surface area contributed by atoms with E-state index in [0.29, 0.717) is 19.6 Å². The molecule has 0 amide bonds. The lowest BCUT2D eigenvalue weighted by atomic mass is 9.98. The third kappa shape index (κ3) is 3.25. The van der Waals surface area contributed by atoms with E-state index >= 15 is 0 Å². The van der Waals surface area contributed by atoms with Crippen molar-refractivity contribution >= 4 is 10.0 Å². The molecular weight excluding hydrogens is 188 g/mol. The van der Waals surface area contributed by atoms with Gasteiger partial charge in [-0.3, -0.25) is 0 Å². The molecule has 0 radical (unpaired) electrons. The summed E-state index contributed by atoms with van der Waals surface area (Å²) in [6.07, 6.45) is 0. The fourth-order valence-corrected chi connectivity index (χ4v) is 2.46. The van der Waals surface area contributed by atoms with E-state index in [1.807, 2.05) is 20.8 Å². The highest BCUT2D eigenvalue weighted by molar-refractivity contribution is 7.90. The van der Waals surface area contributed by atoms with Crippen LogP contribution in [-0.4, -0.2) is 33.3 Å². The lowest BCUT2D eigenvalue weighted by Crippen LogP contribution is -2.55. The third-order valence-electron chi connectivity index (χ3n) is 1.99. The Kier molecular flexibility index (Phi) is 2.99. The normalized spacial score (nSPS) is 19.9. The van der Waals surface area contributed by atoms with E-state index < -0.39 is 10.0 Å². The first kappa shape index (κ1) is 10.9. The lowest BCUT2D eigenvalue weighted by molar-refractivity contribution is 0.401. The van der Waals surface area contributed by atoms with Gasteiger partial charge in [0.05, 0.1) is 0 Å². The van der Waals surface area contributed by atoms with Crippen LogP contribution in [0, 0.1) is 5.41 Å².